The van der Waals surface area contributed by atoms with E-state index in [1.165, 1.54) is 32.1 Å². The Morgan fingerprint density at radius 1 is 0.926 bits per heavy atom. The largest absolute Gasteiger partial charge is 0.634 e. The van der Waals surface area contributed by atoms with Crippen LogP contribution in [-0.4, -0.2) is 76.6 Å². The molecule has 0 saturated carbocycles. The molecule has 3 atom stereocenters. The van der Waals surface area contributed by atoms with Crippen LogP contribution in [0.15, 0.2) is 0 Å². The maximum Gasteiger partial charge on any atom is 0.634 e. The van der Waals surface area contributed by atoms with Crippen molar-refractivity contribution in [2.75, 3.05) is 19.8 Å². The van der Waals surface area contributed by atoms with Gasteiger partial charge >= 0.3 is 7.32 Å². The number of aliphatic hydroxyl groups excluding tert-OH is 3. The summed E-state index contributed by atoms with van der Waals surface area (Å²) in [4.78, 5) is 12.3. The predicted molar refractivity (Wildman–Crippen MR) is 102 cm³/mol. The number of aliphatic hydroxyl groups is 3. The highest BCUT2D eigenvalue weighted by Gasteiger charge is 2.28. The lowest BCUT2D eigenvalue weighted by atomic mass is 10.0. The first-order chi connectivity index (χ1) is 13.0. The van der Waals surface area contributed by atoms with Crippen LogP contribution in [0.1, 0.15) is 71.1 Å². The summed E-state index contributed by atoms with van der Waals surface area (Å²) in [5.41, 5.74) is 0. The highest BCUT2D eigenvalue weighted by atomic mass is 16.6. The molecule has 0 radical (unpaired) electrons. The van der Waals surface area contributed by atoms with Crippen molar-refractivity contribution in [3.63, 3.8) is 0 Å². The average Bonchev–Trinajstić information content (AvgIpc) is 2.65. The number of hydrogen-bond acceptors (Lipinski definition) is 8. The minimum atomic E-state index is -2.08. The summed E-state index contributed by atoms with van der Waals surface area (Å²) in [7, 11) is -2.08. The van der Waals surface area contributed by atoms with E-state index in [2.05, 4.69) is 11.6 Å². The van der Waals surface area contributed by atoms with Gasteiger partial charge in [-0.1, -0.05) is 58.3 Å². The van der Waals surface area contributed by atoms with Gasteiger partial charge in [-0.25, -0.2) is 0 Å². The minimum absolute atomic E-state index is 0.227. The molecule has 0 fully saturated rings. The van der Waals surface area contributed by atoms with Crippen LogP contribution in [0.4, 0.5) is 0 Å². The van der Waals surface area contributed by atoms with E-state index in [1.54, 1.807) is 0 Å². The Hall–Kier alpha value is -0.545. The summed E-state index contributed by atoms with van der Waals surface area (Å²) in [6, 6.07) is 0. The van der Waals surface area contributed by atoms with E-state index >= 15 is 0 Å². The Kier molecular flexibility index (Phi) is 17.2. The third-order valence-electron chi connectivity index (χ3n) is 4.36. The molecule has 0 spiro atoms. The first-order valence-corrected chi connectivity index (χ1v) is 10.0. The molecule has 0 aliphatic rings. The number of hydrogen-bond donors (Lipinski definition) is 5. The van der Waals surface area contributed by atoms with Crippen molar-refractivity contribution in [1.82, 2.24) is 0 Å². The quantitative estimate of drug-likeness (QED) is 0.159. The molecule has 0 aromatic heterocycles. The molecule has 0 saturated heterocycles. The molecule has 9 heteroatoms. The Labute approximate surface area is 162 Å². The van der Waals surface area contributed by atoms with Crippen molar-refractivity contribution < 1.29 is 39.6 Å². The second kappa shape index (κ2) is 17.5. The zero-order chi connectivity index (χ0) is 20.5. The van der Waals surface area contributed by atoms with Crippen LogP contribution in [0.2, 0.25) is 0 Å². The molecule has 0 amide bonds. The van der Waals surface area contributed by atoms with E-state index in [0.717, 1.165) is 19.3 Å². The zero-order valence-electron chi connectivity index (χ0n) is 16.5. The van der Waals surface area contributed by atoms with Crippen molar-refractivity contribution in [3.8, 4) is 0 Å². The SMILES string of the molecule is CCCCCCCCCCCC(=O)C(OCC(CO)OB(O)O)C(O)CO. The van der Waals surface area contributed by atoms with Gasteiger partial charge in [0.05, 0.1) is 25.9 Å². The number of Topliss-reactive ketones (excluding diaryl/α,β-unsaturated/α-hetero) is 1. The molecule has 3 unspecified atom stereocenters. The van der Waals surface area contributed by atoms with Crippen molar-refractivity contribution in [2.24, 2.45) is 0 Å². The summed E-state index contributed by atoms with van der Waals surface area (Å²) in [6.07, 6.45) is 6.61. The summed E-state index contributed by atoms with van der Waals surface area (Å²) in [5, 5.41) is 45.5. The fourth-order valence-corrected chi connectivity index (χ4v) is 2.78. The van der Waals surface area contributed by atoms with Crippen LogP contribution in [0.25, 0.3) is 0 Å². The third-order valence-corrected chi connectivity index (χ3v) is 4.36. The van der Waals surface area contributed by atoms with E-state index in [4.69, 9.17) is 25.0 Å². The van der Waals surface area contributed by atoms with E-state index < -0.39 is 38.8 Å². The third kappa shape index (κ3) is 14.2. The standard InChI is InChI=1S/C18H37BO8/c1-2-3-4-5-6-7-8-9-10-11-16(22)18(17(23)13-21)26-14-15(12-20)27-19(24)25/h15,17-18,20-21,23-25H,2-14H2,1H3. The number of rotatable bonds is 19. The van der Waals surface area contributed by atoms with Gasteiger partial charge in [-0.2, -0.15) is 0 Å². The first-order valence-electron chi connectivity index (χ1n) is 10.0. The molecule has 0 aromatic rings. The Morgan fingerprint density at radius 2 is 1.48 bits per heavy atom. The molecule has 27 heavy (non-hydrogen) atoms. The maximum atomic E-state index is 12.3. The second-order valence-corrected chi connectivity index (χ2v) is 6.82. The Morgan fingerprint density at radius 3 is 1.96 bits per heavy atom. The van der Waals surface area contributed by atoms with Crippen LogP contribution in [0, 0.1) is 0 Å². The van der Waals surface area contributed by atoms with Gasteiger partial charge in [0.1, 0.15) is 12.2 Å². The summed E-state index contributed by atoms with van der Waals surface area (Å²) >= 11 is 0. The van der Waals surface area contributed by atoms with E-state index in [1.807, 2.05) is 0 Å². The zero-order valence-corrected chi connectivity index (χ0v) is 16.5. The molecule has 0 aliphatic carbocycles. The van der Waals surface area contributed by atoms with E-state index in [9.17, 15) is 9.90 Å². The molecule has 8 nitrogen and oxygen atoms in total. The second-order valence-electron chi connectivity index (χ2n) is 6.82. The summed E-state index contributed by atoms with van der Waals surface area (Å²) < 4.78 is 9.86. The van der Waals surface area contributed by atoms with Gasteiger partial charge < -0.3 is 34.8 Å². The van der Waals surface area contributed by atoms with Crippen LogP contribution in [0.3, 0.4) is 0 Å². The van der Waals surface area contributed by atoms with Gasteiger partial charge in [0.15, 0.2) is 5.78 Å². The molecule has 5 N–H and O–H groups in total. The monoisotopic (exact) mass is 392 g/mol. The number of ether oxygens (including phenoxy) is 1. The molecular formula is C18H37BO8. The van der Waals surface area contributed by atoms with Crippen molar-refractivity contribution in [3.05, 3.63) is 0 Å². The van der Waals surface area contributed by atoms with Crippen LogP contribution < -0.4 is 0 Å². The molecule has 0 aromatic carbocycles. The minimum Gasteiger partial charge on any atom is -0.402 e. The van der Waals surface area contributed by atoms with Gasteiger partial charge in [-0.3, -0.25) is 4.79 Å². The number of ketones is 1. The number of unbranched alkanes of at least 4 members (excludes halogenated alkanes) is 8. The average molecular weight is 392 g/mol. The molecule has 0 rings (SSSR count). The molecular weight excluding hydrogens is 355 g/mol. The van der Waals surface area contributed by atoms with E-state index in [-0.39, 0.29) is 18.8 Å². The molecule has 0 heterocycles. The normalized spacial score (nSPS) is 14.7. The lowest BCUT2D eigenvalue weighted by Gasteiger charge is -2.23. The van der Waals surface area contributed by atoms with E-state index in [0.29, 0.717) is 6.42 Å². The summed E-state index contributed by atoms with van der Waals surface area (Å²) in [6.45, 7) is 0.682. The Balaban J connectivity index is 4.12. The lowest BCUT2D eigenvalue weighted by Crippen LogP contribution is -2.42. The molecule has 160 valence electrons. The van der Waals surface area contributed by atoms with Gasteiger partial charge in [0, 0.05) is 6.42 Å². The van der Waals surface area contributed by atoms with Gasteiger partial charge in [0.25, 0.3) is 0 Å². The van der Waals surface area contributed by atoms with Crippen LogP contribution >= 0.6 is 0 Å². The molecule has 0 bridgehead atoms. The number of carbonyl (C=O) groups excluding carboxylic acids is 1. The van der Waals surface area contributed by atoms with Crippen molar-refractivity contribution in [2.45, 2.75) is 89.4 Å². The van der Waals surface area contributed by atoms with Crippen LogP contribution in [-0.2, 0) is 14.2 Å². The first kappa shape index (κ1) is 26.5. The smallest absolute Gasteiger partial charge is 0.402 e. The van der Waals surface area contributed by atoms with Crippen molar-refractivity contribution >= 4 is 13.1 Å². The fourth-order valence-electron chi connectivity index (χ4n) is 2.78. The van der Waals surface area contributed by atoms with Gasteiger partial charge in [0.2, 0.25) is 0 Å². The highest BCUT2D eigenvalue weighted by molar-refractivity contribution is 6.32. The van der Waals surface area contributed by atoms with Crippen LogP contribution in [0.5, 0.6) is 0 Å². The fraction of sp³-hybridized carbons (Fsp3) is 0.944. The van der Waals surface area contributed by atoms with Gasteiger partial charge in [-0.05, 0) is 6.42 Å². The number of carbonyl (C=O) groups is 1. The molecule has 0 aliphatic heterocycles. The predicted octanol–water partition coefficient (Wildman–Crippen LogP) is 0.562. The van der Waals surface area contributed by atoms with Gasteiger partial charge in [-0.15, -0.1) is 0 Å². The summed E-state index contributed by atoms with van der Waals surface area (Å²) in [5.74, 6) is -0.333. The lowest BCUT2D eigenvalue weighted by molar-refractivity contribution is -0.145. The Bertz CT molecular complexity index is 356. The topological polar surface area (TPSA) is 137 Å². The highest BCUT2D eigenvalue weighted by Crippen LogP contribution is 2.13. The maximum absolute atomic E-state index is 12.3. The van der Waals surface area contributed by atoms with Crippen molar-refractivity contribution in [1.29, 1.82) is 0 Å².